The van der Waals surface area contributed by atoms with Crippen molar-refractivity contribution in [3.63, 3.8) is 0 Å². The summed E-state index contributed by atoms with van der Waals surface area (Å²) in [4.78, 5) is 12.4. The van der Waals surface area contributed by atoms with E-state index in [0.29, 0.717) is 16.7 Å². The predicted octanol–water partition coefficient (Wildman–Crippen LogP) is 5.33. The third-order valence-corrected chi connectivity index (χ3v) is 3.96. The number of rotatable bonds is 1. The van der Waals surface area contributed by atoms with Crippen molar-refractivity contribution < 1.29 is 5.79 Å². The summed E-state index contributed by atoms with van der Waals surface area (Å²) in [6.07, 6.45) is 0. The summed E-state index contributed by atoms with van der Waals surface area (Å²) in [5.41, 5.74) is 6.10. The second kappa shape index (κ2) is 5.80. The molecule has 0 aliphatic heterocycles. The monoisotopic (exact) mass is 295 g/mol. The van der Waals surface area contributed by atoms with Crippen LogP contribution in [0.25, 0.3) is 22.3 Å². The molecule has 0 radical (unpaired) electrons. The molecule has 3 rings (SSSR count). The molecule has 0 saturated carbocycles. The Bertz CT molecular complexity index is 907. The Labute approximate surface area is 132 Å². The minimum absolute atomic E-state index is 0.0157. The van der Waals surface area contributed by atoms with Gasteiger partial charge in [-0.25, -0.2) is 0 Å². The van der Waals surface area contributed by atoms with Crippen molar-refractivity contribution in [2.75, 3.05) is 0 Å². The molecule has 0 unspecified atom stereocenters. The van der Waals surface area contributed by atoms with Crippen molar-refractivity contribution in [1.29, 1.82) is 0 Å². The molecule has 114 valence electrons. The summed E-state index contributed by atoms with van der Waals surface area (Å²) in [5.74, 6) is 0.626. The van der Waals surface area contributed by atoms with Gasteiger partial charge < -0.3 is 4.42 Å². The van der Waals surface area contributed by atoms with Crippen LogP contribution in [0.15, 0.2) is 45.6 Å². The van der Waals surface area contributed by atoms with Gasteiger partial charge >= 0.3 is 0 Å². The summed E-state index contributed by atoms with van der Waals surface area (Å²) in [6.45, 7) is 8.09. The molecule has 3 aromatic rings. The van der Waals surface area contributed by atoms with Crippen LogP contribution in [-0.4, -0.2) is 0 Å². The van der Waals surface area contributed by atoms with Gasteiger partial charge in [-0.15, -0.1) is 0 Å². The van der Waals surface area contributed by atoms with E-state index in [1.165, 1.54) is 18.5 Å². The molecule has 0 aliphatic carbocycles. The number of hydrogen-bond donors (Lipinski definition) is 0. The Kier molecular flexibility index (Phi) is 3.84. The van der Waals surface area contributed by atoms with Crippen molar-refractivity contribution in [2.24, 2.45) is 0 Å². The Morgan fingerprint density at radius 2 is 1.64 bits per heavy atom. The van der Waals surface area contributed by atoms with Crippen LogP contribution in [0.3, 0.4) is 0 Å². The zero-order chi connectivity index (χ0) is 17.1. The maximum atomic E-state index is 12.4. The molecule has 0 bridgehead atoms. The maximum Gasteiger partial charge on any atom is 0.193 e. The van der Waals surface area contributed by atoms with E-state index in [4.69, 9.17) is 5.79 Å². The molecular weight excluding hydrogens is 272 g/mol. The summed E-state index contributed by atoms with van der Waals surface area (Å²) in [7, 11) is 1.25. The summed E-state index contributed by atoms with van der Waals surface area (Å²) in [6, 6.07) is 11.6. The molecule has 2 heteroatoms. The first-order chi connectivity index (χ1) is 11.0. The van der Waals surface area contributed by atoms with Crippen LogP contribution in [0, 0.1) is 27.7 Å². The van der Waals surface area contributed by atoms with Crippen LogP contribution in [0.5, 0.6) is 0 Å². The van der Waals surface area contributed by atoms with Crippen molar-refractivity contribution in [2.45, 2.75) is 35.1 Å². The molecule has 2 nitrogen and oxygen atoms in total. The predicted molar refractivity (Wildman–Crippen MR) is 93.6 cm³/mol. The quantitative estimate of drug-likeness (QED) is 0.607. The smallest absolute Gasteiger partial charge is 0.193 e. The van der Waals surface area contributed by atoms with Gasteiger partial charge in [0, 0.05) is 13.0 Å². The summed E-state index contributed by atoms with van der Waals surface area (Å²) >= 11 is 0. The maximum absolute atomic E-state index is 12.4. The van der Waals surface area contributed by atoms with Crippen LogP contribution >= 0.6 is 0 Å². The average Bonchev–Trinajstić information content (AvgIpc) is 2.50. The van der Waals surface area contributed by atoms with Crippen LogP contribution in [0.4, 0.5) is 0 Å². The summed E-state index contributed by atoms with van der Waals surface area (Å²) in [5, 5.41) is 0.674. The van der Waals surface area contributed by atoms with E-state index in [1.54, 1.807) is 6.07 Å². The third kappa shape index (κ3) is 2.69. The topological polar surface area (TPSA) is 30.2 Å². The lowest BCUT2D eigenvalue weighted by Gasteiger charge is -2.08. The molecule has 0 fully saturated rings. The molecule has 0 aliphatic rings. The Morgan fingerprint density at radius 3 is 2.32 bits per heavy atom. The third-order valence-electron chi connectivity index (χ3n) is 3.96. The van der Waals surface area contributed by atoms with Gasteiger partial charge in [0.2, 0.25) is 0 Å². The lowest BCUT2D eigenvalue weighted by atomic mass is 10.0. The lowest BCUT2D eigenvalue weighted by molar-refractivity contribution is 0.618. The molecular formula is C20H22O2. The molecule has 0 saturated heterocycles. The van der Waals surface area contributed by atoms with E-state index in [0.717, 1.165) is 16.7 Å². The van der Waals surface area contributed by atoms with Gasteiger partial charge in [0.05, 0.1) is 5.39 Å². The standard InChI is InChI=1S/C19H18O2.CH4/c1-11-7-14(4)19-16(20)10-17(21-18(19)8-11)15-6-5-12(2)13(3)9-15;/h5-10H,1-4H3;1H4/i;1D. The Balaban J connectivity index is 0.000000924. The van der Waals surface area contributed by atoms with Crippen LogP contribution < -0.4 is 5.43 Å². The molecule has 2 aromatic carbocycles. The number of benzene rings is 2. The Hall–Kier alpha value is -2.35. The first-order valence-electron chi connectivity index (χ1n) is 8.08. The zero-order valence-corrected chi connectivity index (χ0v) is 13.8. The largest absolute Gasteiger partial charge is 0.456 e. The second-order valence-corrected chi connectivity index (χ2v) is 5.73. The highest BCUT2D eigenvalue weighted by atomic mass is 16.3. The van der Waals surface area contributed by atoms with Gasteiger partial charge in [-0.2, -0.15) is 0 Å². The molecule has 22 heavy (non-hydrogen) atoms. The van der Waals surface area contributed by atoms with Crippen LogP contribution in [0.1, 0.15) is 31.0 Å². The molecule has 1 heterocycles. The molecule has 1 aromatic heterocycles. The molecule has 0 spiro atoms. The van der Waals surface area contributed by atoms with E-state index in [9.17, 15) is 4.79 Å². The first-order valence-corrected chi connectivity index (χ1v) is 7.08. The number of hydrogen-bond acceptors (Lipinski definition) is 2. The highest BCUT2D eigenvalue weighted by Gasteiger charge is 2.10. The van der Waals surface area contributed by atoms with Crippen LogP contribution in [0.2, 0.25) is 0 Å². The van der Waals surface area contributed by atoms with Gasteiger partial charge in [-0.05, 0) is 62.1 Å². The van der Waals surface area contributed by atoms with Gasteiger partial charge in [-0.3, -0.25) is 4.79 Å². The van der Waals surface area contributed by atoms with Crippen molar-refractivity contribution >= 4 is 11.0 Å². The van der Waals surface area contributed by atoms with E-state index >= 15 is 0 Å². The van der Waals surface area contributed by atoms with E-state index < -0.39 is 0 Å². The van der Waals surface area contributed by atoms with Gasteiger partial charge in [-0.1, -0.05) is 25.6 Å². The zero-order valence-electron chi connectivity index (χ0n) is 14.8. The SMILES string of the molecule is Cc1cc(C)c2c(=O)cc(-c3ccc(C)c(C)c3)oc2c1.[2H]C. The molecule has 0 amide bonds. The van der Waals surface area contributed by atoms with Crippen molar-refractivity contribution in [3.05, 3.63) is 68.9 Å². The second-order valence-electron chi connectivity index (χ2n) is 5.73. The van der Waals surface area contributed by atoms with E-state index in [-0.39, 0.29) is 5.43 Å². The minimum atomic E-state index is 0.0157. The highest BCUT2D eigenvalue weighted by molar-refractivity contribution is 5.82. The van der Waals surface area contributed by atoms with Gasteiger partial charge in [0.25, 0.3) is 0 Å². The summed E-state index contributed by atoms with van der Waals surface area (Å²) < 4.78 is 11.7. The van der Waals surface area contributed by atoms with Gasteiger partial charge in [0.1, 0.15) is 11.3 Å². The number of aryl methyl sites for hydroxylation is 4. The normalized spacial score (nSPS) is 10.9. The fourth-order valence-electron chi connectivity index (χ4n) is 2.70. The fourth-order valence-corrected chi connectivity index (χ4v) is 2.70. The fraction of sp³-hybridized carbons (Fsp3) is 0.250. The van der Waals surface area contributed by atoms with Crippen LogP contribution in [-0.2, 0) is 0 Å². The molecule has 0 N–H and O–H groups in total. The molecule has 0 atom stereocenters. The van der Waals surface area contributed by atoms with Crippen molar-refractivity contribution in [1.82, 2.24) is 0 Å². The highest BCUT2D eigenvalue weighted by Crippen LogP contribution is 2.26. The average molecular weight is 295 g/mol. The first kappa shape index (κ1) is 14.6. The Morgan fingerprint density at radius 1 is 0.909 bits per heavy atom. The van der Waals surface area contributed by atoms with Crippen molar-refractivity contribution in [3.8, 4) is 11.3 Å². The lowest BCUT2D eigenvalue weighted by Crippen LogP contribution is -2.03. The van der Waals surface area contributed by atoms with E-state index in [2.05, 4.69) is 26.0 Å². The van der Waals surface area contributed by atoms with Gasteiger partial charge in [0.15, 0.2) is 5.43 Å². The van der Waals surface area contributed by atoms with E-state index in [1.807, 2.05) is 32.0 Å². The number of fused-ring (bicyclic) bond motifs is 1. The minimum Gasteiger partial charge on any atom is -0.456 e.